The number of carboxylic acids is 1. The standard InChI is InChI=1S/C18H22N2O3S/c1-11(2)7-15(18(22)23)20-16(21)9-14-10-24-17(19-14)13-6-4-5-12(3)8-13/h4-6,8,10-11,15H,7,9H2,1-3H3,(H,20,21)(H,22,23)/t15-/m1/s1. The van der Waals surface area contributed by atoms with Gasteiger partial charge in [-0.2, -0.15) is 0 Å². The van der Waals surface area contributed by atoms with Crippen LogP contribution in [0.2, 0.25) is 0 Å². The molecule has 0 radical (unpaired) electrons. The fourth-order valence-corrected chi connectivity index (χ4v) is 3.22. The number of nitrogens with zero attached hydrogens (tertiary/aromatic N) is 1. The van der Waals surface area contributed by atoms with Crippen molar-refractivity contribution in [1.82, 2.24) is 10.3 Å². The van der Waals surface area contributed by atoms with Crippen molar-refractivity contribution in [2.24, 2.45) is 5.92 Å². The van der Waals surface area contributed by atoms with Gasteiger partial charge < -0.3 is 10.4 Å². The number of thiazole rings is 1. The van der Waals surface area contributed by atoms with Crippen molar-refractivity contribution < 1.29 is 14.7 Å². The van der Waals surface area contributed by atoms with Crippen molar-refractivity contribution in [1.29, 1.82) is 0 Å². The monoisotopic (exact) mass is 346 g/mol. The molecule has 5 nitrogen and oxygen atoms in total. The Hall–Kier alpha value is -2.21. The zero-order valence-corrected chi connectivity index (χ0v) is 14.9. The number of hydrogen-bond acceptors (Lipinski definition) is 4. The zero-order valence-electron chi connectivity index (χ0n) is 14.1. The molecule has 2 rings (SSSR count). The molecule has 1 amide bonds. The maximum Gasteiger partial charge on any atom is 0.326 e. The van der Waals surface area contributed by atoms with E-state index in [1.807, 2.05) is 50.4 Å². The SMILES string of the molecule is Cc1cccc(-c2nc(CC(=O)N[C@H](CC(C)C)C(=O)O)cs2)c1. The van der Waals surface area contributed by atoms with Crippen LogP contribution in [0.15, 0.2) is 29.6 Å². The number of carboxylic acid groups (broad SMARTS) is 1. The van der Waals surface area contributed by atoms with Gasteiger partial charge in [0.2, 0.25) is 5.91 Å². The van der Waals surface area contributed by atoms with Crippen molar-refractivity contribution >= 4 is 23.2 Å². The highest BCUT2D eigenvalue weighted by molar-refractivity contribution is 7.13. The lowest BCUT2D eigenvalue weighted by Gasteiger charge is -2.16. The van der Waals surface area contributed by atoms with Crippen LogP contribution >= 0.6 is 11.3 Å². The van der Waals surface area contributed by atoms with E-state index >= 15 is 0 Å². The molecule has 0 bridgehead atoms. The Bertz CT molecular complexity index is 725. The first-order valence-electron chi connectivity index (χ1n) is 7.88. The fourth-order valence-electron chi connectivity index (χ4n) is 2.40. The fraction of sp³-hybridized carbons (Fsp3) is 0.389. The Balaban J connectivity index is 2.01. The summed E-state index contributed by atoms with van der Waals surface area (Å²) in [7, 11) is 0. The summed E-state index contributed by atoms with van der Waals surface area (Å²) in [6.45, 7) is 5.87. The minimum Gasteiger partial charge on any atom is -0.480 e. The van der Waals surface area contributed by atoms with Crippen molar-refractivity contribution in [2.75, 3.05) is 0 Å². The molecular weight excluding hydrogens is 324 g/mol. The molecule has 0 saturated heterocycles. The van der Waals surface area contributed by atoms with Crippen molar-refractivity contribution in [3.63, 3.8) is 0 Å². The maximum absolute atomic E-state index is 12.1. The molecule has 1 atom stereocenters. The highest BCUT2D eigenvalue weighted by atomic mass is 32.1. The molecule has 0 saturated carbocycles. The predicted octanol–water partition coefficient (Wildman–Crippen LogP) is 3.28. The number of aryl methyl sites for hydroxylation is 1. The molecule has 2 aromatic rings. The average Bonchev–Trinajstić information content (AvgIpc) is 2.94. The number of amides is 1. The van der Waals surface area contributed by atoms with Gasteiger partial charge in [-0.15, -0.1) is 11.3 Å². The van der Waals surface area contributed by atoms with Crippen LogP contribution in [0.25, 0.3) is 10.6 Å². The number of carbonyl (C=O) groups excluding carboxylic acids is 1. The minimum atomic E-state index is -1.00. The predicted molar refractivity (Wildman–Crippen MR) is 95.0 cm³/mol. The molecule has 24 heavy (non-hydrogen) atoms. The summed E-state index contributed by atoms with van der Waals surface area (Å²) in [5.41, 5.74) is 2.83. The largest absolute Gasteiger partial charge is 0.480 e. The number of nitrogens with one attached hydrogen (secondary N) is 1. The molecule has 0 unspecified atom stereocenters. The third-order valence-electron chi connectivity index (χ3n) is 3.50. The van der Waals surface area contributed by atoms with Gasteiger partial charge in [-0.25, -0.2) is 9.78 Å². The van der Waals surface area contributed by atoms with Crippen molar-refractivity contribution in [3.05, 3.63) is 40.9 Å². The van der Waals surface area contributed by atoms with Crippen molar-refractivity contribution in [2.45, 2.75) is 39.7 Å². The highest BCUT2D eigenvalue weighted by Crippen LogP contribution is 2.24. The van der Waals surface area contributed by atoms with E-state index in [1.54, 1.807) is 0 Å². The molecule has 0 spiro atoms. The molecule has 6 heteroatoms. The van der Waals surface area contributed by atoms with E-state index in [0.717, 1.165) is 16.1 Å². The Labute approximate surface area is 145 Å². The summed E-state index contributed by atoms with van der Waals surface area (Å²) < 4.78 is 0. The van der Waals surface area contributed by atoms with Crippen LogP contribution in [0.1, 0.15) is 31.5 Å². The lowest BCUT2D eigenvalue weighted by atomic mass is 10.0. The van der Waals surface area contributed by atoms with Gasteiger partial charge >= 0.3 is 5.97 Å². The molecular formula is C18H22N2O3S. The van der Waals surface area contributed by atoms with E-state index in [9.17, 15) is 14.7 Å². The van der Waals surface area contributed by atoms with Crippen LogP contribution in [0.4, 0.5) is 0 Å². The molecule has 0 fully saturated rings. The summed E-state index contributed by atoms with van der Waals surface area (Å²) >= 11 is 1.48. The van der Waals surface area contributed by atoms with Gasteiger partial charge in [0, 0.05) is 10.9 Å². The second kappa shape index (κ2) is 8.06. The molecule has 1 aromatic heterocycles. The first-order chi connectivity index (χ1) is 11.3. The summed E-state index contributed by atoms with van der Waals surface area (Å²) in [4.78, 5) is 27.8. The molecule has 0 aliphatic carbocycles. The number of carbonyl (C=O) groups is 2. The first kappa shape index (κ1) is 18.1. The summed E-state index contributed by atoms with van der Waals surface area (Å²) in [5, 5.41) is 14.5. The van der Waals surface area contributed by atoms with E-state index in [1.165, 1.54) is 11.3 Å². The first-order valence-corrected chi connectivity index (χ1v) is 8.76. The lowest BCUT2D eigenvalue weighted by Crippen LogP contribution is -2.42. The van der Waals surface area contributed by atoms with Crippen LogP contribution in [-0.2, 0) is 16.0 Å². The van der Waals surface area contributed by atoms with Gasteiger partial charge in [0.1, 0.15) is 11.0 Å². The molecule has 128 valence electrons. The van der Waals surface area contributed by atoms with Crippen LogP contribution < -0.4 is 5.32 Å². The van der Waals surface area contributed by atoms with E-state index in [2.05, 4.69) is 10.3 Å². The van der Waals surface area contributed by atoms with Gasteiger partial charge in [0.15, 0.2) is 0 Å². The Morgan fingerprint density at radius 3 is 2.71 bits per heavy atom. The van der Waals surface area contributed by atoms with E-state index in [-0.39, 0.29) is 18.2 Å². The summed E-state index contributed by atoms with van der Waals surface area (Å²) in [6, 6.07) is 7.17. The smallest absolute Gasteiger partial charge is 0.326 e. The molecule has 0 aliphatic rings. The van der Waals surface area contributed by atoms with Crippen LogP contribution in [0.3, 0.4) is 0 Å². The van der Waals surface area contributed by atoms with Gasteiger partial charge in [-0.05, 0) is 25.3 Å². The van der Waals surface area contributed by atoms with E-state index in [0.29, 0.717) is 12.1 Å². The van der Waals surface area contributed by atoms with Gasteiger partial charge in [-0.3, -0.25) is 4.79 Å². The third-order valence-corrected chi connectivity index (χ3v) is 4.44. The molecule has 2 N–H and O–H groups in total. The van der Waals surface area contributed by atoms with E-state index < -0.39 is 12.0 Å². The zero-order chi connectivity index (χ0) is 17.7. The maximum atomic E-state index is 12.1. The normalized spacial score (nSPS) is 12.2. The van der Waals surface area contributed by atoms with Crippen LogP contribution in [0.5, 0.6) is 0 Å². The third kappa shape index (κ3) is 5.16. The van der Waals surface area contributed by atoms with Gasteiger partial charge in [-0.1, -0.05) is 37.6 Å². The molecule has 1 aromatic carbocycles. The second-order valence-corrected chi connectivity index (χ2v) is 7.14. The lowest BCUT2D eigenvalue weighted by molar-refractivity contribution is -0.142. The minimum absolute atomic E-state index is 0.0875. The quantitative estimate of drug-likeness (QED) is 0.806. The van der Waals surface area contributed by atoms with E-state index in [4.69, 9.17) is 0 Å². The topological polar surface area (TPSA) is 79.3 Å². The van der Waals surface area contributed by atoms with Gasteiger partial charge in [0.25, 0.3) is 0 Å². The Morgan fingerprint density at radius 2 is 2.08 bits per heavy atom. The number of aliphatic carboxylic acids is 1. The molecule has 0 aliphatic heterocycles. The van der Waals surface area contributed by atoms with Crippen molar-refractivity contribution in [3.8, 4) is 10.6 Å². The highest BCUT2D eigenvalue weighted by Gasteiger charge is 2.21. The second-order valence-electron chi connectivity index (χ2n) is 6.28. The number of rotatable bonds is 7. The Morgan fingerprint density at radius 1 is 1.33 bits per heavy atom. The molecule has 1 heterocycles. The van der Waals surface area contributed by atoms with Crippen LogP contribution in [0, 0.1) is 12.8 Å². The van der Waals surface area contributed by atoms with Gasteiger partial charge in [0.05, 0.1) is 12.1 Å². The number of aromatic nitrogens is 1. The average molecular weight is 346 g/mol. The number of hydrogen-bond donors (Lipinski definition) is 2. The Kier molecular flexibility index (Phi) is 6.09. The summed E-state index contributed by atoms with van der Waals surface area (Å²) in [6.07, 6.45) is 0.497. The number of benzene rings is 1. The summed E-state index contributed by atoms with van der Waals surface area (Å²) in [5.74, 6) is -1.13. The van der Waals surface area contributed by atoms with Crippen LogP contribution in [-0.4, -0.2) is 28.0 Å².